The molecule has 4 heteroatoms. The summed E-state index contributed by atoms with van der Waals surface area (Å²) >= 11 is 0. The van der Waals surface area contributed by atoms with Gasteiger partial charge in [-0.1, -0.05) is 0 Å². The monoisotopic (exact) mass is 175 g/mol. The van der Waals surface area contributed by atoms with Gasteiger partial charge < -0.3 is 4.98 Å². The number of pyridine rings is 1. The van der Waals surface area contributed by atoms with Crippen LogP contribution in [0.2, 0.25) is 0 Å². The number of aromatic nitrogens is 3. The van der Waals surface area contributed by atoms with Crippen LogP contribution in [0.1, 0.15) is 11.3 Å². The SMILES string of the molecule is Cc1cc(C)c2c(=O)[nH]cnc2n1. The average molecular weight is 175 g/mol. The zero-order valence-electron chi connectivity index (χ0n) is 7.46. The van der Waals surface area contributed by atoms with Crippen molar-refractivity contribution in [3.63, 3.8) is 0 Å². The van der Waals surface area contributed by atoms with Crippen molar-refractivity contribution < 1.29 is 0 Å². The van der Waals surface area contributed by atoms with Gasteiger partial charge in [0.25, 0.3) is 5.56 Å². The molecule has 0 aliphatic heterocycles. The Kier molecular flexibility index (Phi) is 1.62. The van der Waals surface area contributed by atoms with Gasteiger partial charge >= 0.3 is 0 Å². The number of nitrogens with one attached hydrogen (secondary N) is 1. The highest BCUT2D eigenvalue weighted by Crippen LogP contribution is 2.09. The van der Waals surface area contributed by atoms with E-state index in [9.17, 15) is 4.79 Å². The molecule has 0 fully saturated rings. The zero-order valence-corrected chi connectivity index (χ0v) is 7.46. The Balaban J connectivity index is 3.03. The van der Waals surface area contributed by atoms with Crippen LogP contribution in [0, 0.1) is 13.8 Å². The topological polar surface area (TPSA) is 58.6 Å². The lowest BCUT2D eigenvalue weighted by atomic mass is 10.2. The number of fused-ring (bicyclic) bond motifs is 1. The maximum Gasteiger partial charge on any atom is 0.260 e. The highest BCUT2D eigenvalue weighted by atomic mass is 16.1. The fourth-order valence-electron chi connectivity index (χ4n) is 1.42. The molecule has 2 rings (SSSR count). The van der Waals surface area contributed by atoms with Crippen LogP contribution in [0.25, 0.3) is 11.0 Å². The van der Waals surface area contributed by atoms with Crippen LogP contribution in [0.3, 0.4) is 0 Å². The van der Waals surface area contributed by atoms with Crippen LogP contribution >= 0.6 is 0 Å². The van der Waals surface area contributed by atoms with E-state index in [2.05, 4.69) is 15.0 Å². The number of hydrogen-bond donors (Lipinski definition) is 1. The Morgan fingerprint density at radius 3 is 2.92 bits per heavy atom. The lowest BCUT2D eigenvalue weighted by Gasteiger charge is -2.00. The van der Waals surface area contributed by atoms with Crippen LogP contribution in [0.15, 0.2) is 17.2 Å². The molecule has 0 atom stereocenters. The first-order chi connectivity index (χ1) is 6.18. The summed E-state index contributed by atoms with van der Waals surface area (Å²) in [6.45, 7) is 3.77. The molecule has 0 aromatic carbocycles. The van der Waals surface area contributed by atoms with Crippen molar-refractivity contribution in [3.05, 3.63) is 34.0 Å². The summed E-state index contributed by atoms with van der Waals surface area (Å²) in [5.74, 6) is 0. The van der Waals surface area contributed by atoms with Gasteiger partial charge in [-0.2, -0.15) is 0 Å². The molecule has 0 saturated heterocycles. The number of hydrogen-bond acceptors (Lipinski definition) is 3. The van der Waals surface area contributed by atoms with E-state index in [-0.39, 0.29) is 5.56 Å². The van der Waals surface area contributed by atoms with Crippen LogP contribution in [0.4, 0.5) is 0 Å². The highest BCUT2D eigenvalue weighted by Gasteiger charge is 2.04. The zero-order chi connectivity index (χ0) is 9.42. The highest BCUT2D eigenvalue weighted by molar-refractivity contribution is 5.77. The quantitative estimate of drug-likeness (QED) is 0.648. The minimum atomic E-state index is -0.130. The normalized spacial score (nSPS) is 10.6. The molecule has 4 nitrogen and oxygen atoms in total. The second kappa shape index (κ2) is 2.65. The van der Waals surface area contributed by atoms with Gasteiger partial charge in [-0.25, -0.2) is 9.97 Å². The first-order valence-electron chi connectivity index (χ1n) is 4.00. The van der Waals surface area contributed by atoms with Crippen LogP contribution in [-0.4, -0.2) is 15.0 Å². The molecule has 2 heterocycles. The first-order valence-corrected chi connectivity index (χ1v) is 4.00. The predicted molar refractivity (Wildman–Crippen MR) is 49.6 cm³/mol. The van der Waals surface area contributed by atoms with Crippen molar-refractivity contribution in [1.29, 1.82) is 0 Å². The second-order valence-electron chi connectivity index (χ2n) is 3.01. The molecule has 1 N–H and O–H groups in total. The molecular weight excluding hydrogens is 166 g/mol. The Bertz CT molecular complexity index is 516. The largest absolute Gasteiger partial charge is 0.312 e. The van der Waals surface area contributed by atoms with Crippen molar-refractivity contribution in [2.45, 2.75) is 13.8 Å². The fraction of sp³-hybridized carbons (Fsp3) is 0.222. The lowest BCUT2D eigenvalue weighted by Crippen LogP contribution is -2.09. The molecule has 0 bridgehead atoms. The van der Waals surface area contributed by atoms with Gasteiger partial charge in [-0.05, 0) is 25.5 Å². The van der Waals surface area contributed by atoms with Gasteiger partial charge in [0, 0.05) is 5.69 Å². The van der Waals surface area contributed by atoms with Crippen LogP contribution in [-0.2, 0) is 0 Å². The smallest absolute Gasteiger partial charge is 0.260 e. The number of aryl methyl sites for hydroxylation is 2. The molecule has 0 unspecified atom stereocenters. The molecule has 0 aliphatic rings. The molecule has 0 radical (unpaired) electrons. The van der Waals surface area contributed by atoms with E-state index in [1.165, 1.54) is 6.33 Å². The summed E-state index contributed by atoms with van der Waals surface area (Å²) in [6.07, 6.45) is 1.37. The van der Waals surface area contributed by atoms with Crippen molar-refractivity contribution >= 4 is 11.0 Å². The van der Waals surface area contributed by atoms with E-state index in [4.69, 9.17) is 0 Å². The Morgan fingerprint density at radius 2 is 2.15 bits per heavy atom. The van der Waals surface area contributed by atoms with Gasteiger partial charge in [0.15, 0.2) is 5.65 Å². The molecule has 2 aromatic rings. The van der Waals surface area contributed by atoms with Gasteiger partial charge in [0.05, 0.1) is 11.7 Å². The number of nitrogens with zero attached hydrogens (tertiary/aromatic N) is 2. The molecule has 0 saturated carbocycles. The number of H-pyrrole nitrogens is 1. The molecule has 13 heavy (non-hydrogen) atoms. The number of aromatic amines is 1. The lowest BCUT2D eigenvalue weighted by molar-refractivity contribution is 1.11. The summed E-state index contributed by atoms with van der Waals surface area (Å²) in [4.78, 5) is 22.1. The third-order valence-electron chi connectivity index (χ3n) is 1.94. The standard InChI is InChI=1S/C9H9N3O/c1-5-3-6(2)12-8-7(5)9(13)11-4-10-8/h3-4H,1-2H3,(H,10,11,12,13). The summed E-state index contributed by atoms with van der Waals surface area (Å²) in [6, 6.07) is 1.87. The van der Waals surface area contributed by atoms with Gasteiger partial charge in [-0.3, -0.25) is 4.79 Å². The Hall–Kier alpha value is -1.71. The van der Waals surface area contributed by atoms with E-state index in [1.54, 1.807) is 0 Å². The molecule has 2 aromatic heterocycles. The van der Waals surface area contributed by atoms with Gasteiger partial charge in [0.1, 0.15) is 0 Å². The second-order valence-corrected chi connectivity index (χ2v) is 3.01. The van der Waals surface area contributed by atoms with Crippen molar-refractivity contribution in [3.8, 4) is 0 Å². The third-order valence-corrected chi connectivity index (χ3v) is 1.94. The van der Waals surface area contributed by atoms with Crippen molar-refractivity contribution in [1.82, 2.24) is 15.0 Å². The minimum absolute atomic E-state index is 0.130. The van der Waals surface area contributed by atoms with E-state index in [0.717, 1.165) is 11.3 Å². The summed E-state index contributed by atoms with van der Waals surface area (Å²) < 4.78 is 0. The van der Waals surface area contributed by atoms with E-state index in [0.29, 0.717) is 11.0 Å². The molecule has 0 aliphatic carbocycles. The summed E-state index contributed by atoms with van der Waals surface area (Å²) in [5, 5.41) is 0.577. The van der Waals surface area contributed by atoms with Crippen molar-refractivity contribution in [2.24, 2.45) is 0 Å². The Morgan fingerprint density at radius 1 is 1.38 bits per heavy atom. The van der Waals surface area contributed by atoms with E-state index >= 15 is 0 Å². The summed E-state index contributed by atoms with van der Waals surface area (Å²) in [7, 11) is 0. The van der Waals surface area contributed by atoms with Crippen LogP contribution in [0.5, 0.6) is 0 Å². The third kappa shape index (κ3) is 1.20. The van der Waals surface area contributed by atoms with E-state index in [1.807, 2.05) is 19.9 Å². The number of rotatable bonds is 0. The maximum atomic E-state index is 11.4. The molecule has 0 spiro atoms. The van der Waals surface area contributed by atoms with E-state index < -0.39 is 0 Å². The van der Waals surface area contributed by atoms with Crippen LogP contribution < -0.4 is 5.56 Å². The maximum absolute atomic E-state index is 11.4. The average Bonchev–Trinajstić information content (AvgIpc) is 2.02. The summed E-state index contributed by atoms with van der Waals surface area (Å²) in [5.41, 5.74) is 2.18. The van der Waals surface area contributed by atoms with Gasteiger partial charge in [0.2, 0.25) is 0 Å². The first kappa shape index (κ1) is 7.91. The van der Waals surface area contributed by atoms with Crippen molar-refractivity contribution in [2.75, 3.05) is 0 Å². The Labute approximate surface area is 74.7 Å². The van der Waals surface area contributed by atoms with Gasteiger partial charge in [-0.15, -0.1) is 0 Å². The minimum Gasteiger partial charge on any atom is -0.312 e. The fourth-order valence-corrected chi connectivity index (χ4v) is 1.42. The molecule has 0 amide bonds. The molecule has 66 valence electrons. The predicted octanol–water partition coefficient (Wildman–Crippen LogP) is 0.935. The molecular formula is C9H9N3O.